The van der Waals surface area contributed by atoms with Gasteiger partial charge < -0.3 is 9.42 Å². The van der Waals surface area contributed by atoms with E-state index in [0.29, 0.717) is 11.7 Å². The van der Waals surface area contributed by atoms with Crippen LogP contribution in [-0.4, -0.2) is 36.3 Å². The van der Waals surface area contributed by atoms with Gasteiger partial charge in [0.2, 0.25) is 5.82 Å². The van der Waals surface area contributed by atoms with Crippen molar-refractivity contribution in [3.8, 4) is 11.4 Å². The third kappa shape index (κ3) is 3.28. The second-order valence-corrected chi connectivity index (χ2v) is 6.04. The first kappa shape index (κ1) is 14.8. The van der Waals surface area contributed by atoms with Crippen LogP contribution in [0, 0.1) is 0 Å². The van der Waals surface area contributed by atoms with E-state index in [-0.39, 0.29) is 0 Å². The molecule has 4 rings (SSSR count). The fraction of sp³-hybridized carbons (Fsp3) is 0.278. The van der Waals surface area contributed by atoms with Crippen molar-refractivity contribution >= 4 is 5.82 Å². The summed E-state index contributed by atoms with van der Waals surface area (Å²) in [5, 5.41) is 4.10. The number of nitrogens with zero attached hydrogens (tertiary/aromatic N) is 3. The van der Waals surface area contributed by atoms with Crippen LogP contribution in [0.2, 0.25) is 0 Å². The highest BCUT2D eigenvalue weighted by molar-refractivity contribution is 5.53. The van der Waals surface area contributed by atoms with Crippen molar-refractivity contribution in [2.75, 3.05) is 31.1 Å². The lowest BCUT2D eigenvalue weighted by molar-refractivity contribution is -0.915. The van der Waals surface area contributed by atoms with E-state index in [1.54, 1.807) is 0 Å². The molecule has 1 fully saturated rings. The highest BCUT2D eigenvalue weighted by atomic mass is 16.5. The summed E-state index contributed by atoms with van der Waals surface area (Å²) in [5.41, 5.74) is 0.993. The van der Waals surface area contributed by atoms with E-state index in [4.69, 9.17) is 4.52 Å². The van der Waals surface area contributed by atoms with Crippen molar-refractivity contribution < 1.29 is 14.4 Å². The third-order valence-electron chi connectivity index (χ3n) is 4.41. The third-order valence-corrected chi connectivity index (χ3v) is 4.41. The monoisotopic (exact) mass is 323 g/mol. The van der Waals surface area contributed by atoms with Crippen LogP contribution in [0.1, 0.15) is 5.89 Å². The van der Waals surface area contributed by atoms with Gasteiger partial charge in [-0.2, -0.15) is 4.98 Å². The van der Waals surface area contributed by atoms with Crippen LogP contribution in [0.4, 0.5) is 5.82 Å². The van der Waals surface area contributed by atoms with E-state index in [0.717, 1.165) is 38.3 Å². The lowest BCUT2D eigenvalue weighted by atomic mass is 10.2. The molecule has 1 saturated heterocycles. The minimum absolute atomic E-state index is 0.669. The van der Waals surface area contributed by atoms with Crippen LogP contribution in [0.25, 0.3) is 11.4 Å². The molecule has 1 aliphatic heterocycles. The van der Waals surface area contributed by atoms with Gasteiger partial charge in [-0.25, -0.2) is 4.98 Å². The molecule has 0 spiro atoms. The average molecular weight is 323 g/mol. The van der Waals surface area contributed by atoms with Gasteiger partial charge in [0.1, 0.15) is 26.2 Å². The van der Waals surface area contributed by atoms with E-state index < -0.39 is 0 Å². The van der Waals surface area contributed by atoms with Gasteiger partial charge in [0.15, 0.2) is 6.54 Å². The molecule has 2 N–H and O–H groups in total. The Balaban J connectivity index is 1.35. The summed E-state index contributed by atoms with van der Waals surface area (Å²) in [4.78, 5) is 11.7. The Morgan fingerprint density at radius 1 is 1.04 bits per heavy atom. The van der Waals surface area contributed by atoms with E-state index >= 15 is 0 Å². The molecule has 0 radical (unpaired) electrons. The maximum atomic E-state index is 5.43. The second kappa shape index (κ2) is 6.80. The number of aromatic nitrogens is 3. The summed E-state index contributed by atoms with van der Waals surface area (Å²) in [5.74, 6) is 2.56. The molecular formula is C18H21N5O+2. The molecule has 1 aliphatic rings. The van der Waals surface area contributed by atoms with E-state index in [9.17, 15) is 0 Å². The number of H-pyrrole nitrogens is 1. The predicted molar refractivity (Wildman–Crippen MR) is 89.3 cm³/mol. The number of pyridine rings is 1. The number of benzene rings is 1. The van der Waals surface area contributed by atoms with Gasteiger partial charge in [0.05, 0.1) is 6.20 Å². The largest absolute Gasteiger partial charge is 0.333 e. The number of hydrogen-bond acceptors (Lipinski definition) is 4. The normalized spacial score (nSPS) is 15.6. The molecule has 0 amide bonds. The summed E-state index contributed by atoms with van der Waals surface area (Å²) in [6.45, 7) is 4.95. The Hall–Kier alpha value is -2.73. The van der Waals surface area contributed by atoms with Crippen molar-refractivity contribution in [2.24, 2.45) is 0 Å². The SMILES string of the molecule is c1ccc(-c2noc(C[NH+]3CCN(c4cccc[nH+]4)CC3)n2)cc1. The Bertz CT molecular complexity index is 766. The fourth-order valence-electron chi connectivity index (χ4n) is 3.07. The lowest BCUT2D eigenvalue weighted by Gasteiger charge is -2.27. The number of hydrogen-bond donors (Lipinski definition) is 1. The number of rotatable bonds is 4. The van der Waals surface area contributed by atoms with Gasteiger partial charge in [0.25, 0.3) is 11.7 Å². The maximum Gasteiger partial charge on any atom is 0.282 e. The van der Waals surface area contributed by atoms with Crippen molar-refractivity contribution in [3.63, 3.8) is 0 Å². The molecule has 3 heterocycles. The topological polar surface area (TPSA) is 60.7 Å². The molecule has 0 atom stereocenters. The Kier molecular flexibility index (Phi) is 4.20. The molecule has 6 nitrogen and oxygen atoms in total. The number of quaternary nitrogens is 1. The van der Waals surface area contributed by atoms with Crippen LogP contribution >= 0.6 is 0 Å². The minimum atomic E-state index is 0.669. The Morgan fingerprint density at radius 3 is 2.58 bits per heavy atom. The summed E-state index contributed by atoms with van der Waals surface area (Å²) in [6, 6.07) is 16.1. The van der Waals surface area contributed by atoms with Crippen LogP contribution in [0.3, 0.4) is 0 Å². The number of piperazine rings is 1. The van der Waals surface area contributed by atoms with Gasteiger partial charge >= 0.3 is 0 Å². The molecule has 2 aromatic heterocycles. The van der Waals surface area contributed by atoms with Crippen LogP contribution in [0.5, 0.6) is 0 Å². The Morgan fingerprint density at radius 2 is 1.83 bits per heavy atom. The minimum Gasteiger partial charge on any atom is -0.333 e. The quantitative estimate of drug-likeness (QED) is 0.758. The van der Waals surface area contributed by atoms with E-state index in [2.05, 4.69) is 32.2 Å². The molecule has 1 aromatic carbocycles. The molecule has 0 saturated carbocycles. The van der Waals surface area contributed by atoms with Gasteiger partial charge in [0, 0.05) is 11.6 Å². The predicted octanol–water partition coefficient (Wildman–Crippen LogP) is 0.456. The summed E-state index contributed by atoms with van der Waals surface area (Å²) in [7, 11) is 0. The zero-order chi connectivity index (χ0) is 16.2. The van der Waals surface area contributed by atoms with Crippen molar-refractivity contribution in [1.82, 2.24) is 10.1 Å². The van der Waals surface area contributed by atoms with Crippen LogP contribution < -0.4 is 14.8 Å². The summed E-state index contributed by atoms with van der Waals surface area (Å²) in [6.07, 6.45) is 1.97. The van der Waals surface area contributed by atoms with Crippen molar-refractivity contribution in [3.05, 3.63) is 60.6 Å². The second-order valence-electron chi connectivity index (χ2n) is 6.04. The smallest absolute Gasteiger partial charge is 0.282 e. The van der Waals surface area contributed by atoms with Gasteiger partial charge in [-0.15, -0.1) is 0 Å². The molecule has 0 aliphatic carbocycles. The number of nitrogens with one attached hydrogen (secondary N) is 2. The molecule has 0 unspecified atom stereocenters. The lowest BCUT2D eigenvalue weighted by Crippen LogP contribution is -3.13. The van der Waals surface area contributed by atoms with Crippen molar-refractivity contribution in [2.45, 2.75) is 6.54 Å². The van der Waals surface area contributed by atoms with Gasteiger partial charge in [-0.05, 0) is 6.07 Å². The first-order valence-electron chi connectivity index (χ1n) is 8.32. The van der Waals surface area contributed by atoms with E-state index in [1.807, 2.05) is 42.6 Å². The molecule has 3 aromatic rings. The maximum absolute atomic E-state index is 5.43. The molecule has 122 valence electrons. The molecule has 6 heteroatoms. The van der Waals surface area contributed by atoms with Crippen molar-refractivity contribution in [1.29, 1.82) is 0 Å². The van der Waals surface area contributed by atoms with E-state index in [1.165, 1.54) is 10.7 Å². The van der Waals surface area contributed by atoms with Crippen LogP contribution in [0.15, 0.2) is 59.3 Å². The zero-order valence-electron chi connectivity index (χ0n) is 13.5. The average Bonchev–Trinajstić information content (AvgIpc) is 3.12. The van der Waals surface area contributed by atoms with Gasteiger partial charge in [-0.1, -0.05) is 41.6 Å². The molecule has 24 heavy (non-hydrogen) atoms. The highest BCUT2D eigenvalue weighted by Gasteiger charge is 2.27. The van der Waals surface area contributed by atoms with Gasteiger partial charge in [-0.3, -0.25) is 4.90 Å². The summed E-state index contributed by atoms with van der Waals surface area (Å²) >= 11 is 0. The first-order valence-corrected chi connectivity index (χ1v) is 8.32. The standard InChI is InChI=1S/C18H19N5O/c1-2-6-15(7-3-1)18-20-17(24-21-18)14-22-10-12-23(13-11-22)16-8-4-5-9-19-16/h1-9H,10-14H2/p+2. The number of anilines is 1. The molecular weight excluding hydrogens is 302 g/mol. The Labute approximate surface area is 140 Å². The highest BCUT2D eigenvalue weighted by Crippen LogP contribution is 2.14. The number of aromatic amines is 1. The summed E-state index contributed by atoms with van der Waals surface area (Å²) < 4.78 is 5.43. The fourth-order valence-corrected chi connectivity index (χ4v) is 3.07. The molecule has 0 bridgehead atoms. The zero-order valence-corrected chi connectivity index (χ0v) is 13.5. The van der Waals surface area contributed by atoms with Crippen LogP contribution in [-0.2, 0) is 6.54 Å². The first-order chi connectivity index (χ1) is 11.9.